The van der Waals surface area contributed by atoms with Crippen LogP contribution in [0.25, 0.3) is 0 Å². The van der Waals surface area contributed by atoms with Crippen molar-refractivity contribution in [1.29, 1.82) is 0 Å². The van der Waals surface area contributed by atoms with Crippen LogP contribution < -0.4 is 14.8 Å². The van der Waals surface area contributed by atoms with Crippen LogP contribution in [0.3, 0.4) is 0 Å². The molecule has 1 saturated carbocycles. The lowest BCUT2D eigenvalue weighted by atomic mass is 9.87. The van der Waals surface area contributed by atoms with Crippen LogP contribution in [-0.4, -0.2) is 54.4 Å². The summed E-state index contributed by atoms with van der Waals surface area (Å²) in [5.74, 6) is 1.38. The molecule has 0 bridgehead atoms. The summed E-state index contributed by atoms with van der Waals surface area (Å²) in [6, 6.07) is 20.8. The number of carbonyl (C=O) groups is 1. The van der Waals surface area contributed by atoms with Crippen molar-refractivity contribution < 1.29 is 32.5 Å². The van der Waals surface area contributed by atoms with Gasteiger partial charge in [-0.15, -0.1) is 0 Å². The molecule has 1 heterocycles. The smallest absolute Gasteiger partial charge is 0.416 e. The Balaban J connectivity index is 1.00. The first-order chi connectivity index (χ1) is 20.4. The van der Waals surface area contributed by atoms with Crippen molar-refractivity contribution in [1.82, 2.24) is 10.2 Å². The molecule has 9 heteroatoms. The number of nitrogens with one attached hydrogen (secondary N) is 1. The number of rotatable bonds is 12. The molecule has 230 valence electrons. The highest BCUT2D eigenvalue weighted by atomic mass is 19.4. The summed E-state index contributed by atoms with van der Waals surface area (Å²) < 4.78 is 50.0. The highest BCUT2D eigenvalue weighted by Crippen LogP contribution is 2.45. The molecule has 3 aromatic rings. The van der Waals surface area contributed by atoms with E-state index in [0.717, 1.165) is 54.2 Å². The largest absolute Gasteiger partial charge is 0.492 e. The molecule has 2 unspecified atom stereocenters. The van der Waals surface area contributed by atoms with E-state index in [1.807, 2.05) is 48.5 Å². The lowest BCUT2D eigenvalue weighted by Gasteiger charge is -2.20. The first-order valence-electron chi connectivity index (χ1n) is 14.7. The molecule has 0 spiro atoms. The van der Waals surface area contributed by atoms with Gasteiger partial charge in [0.25, 0.3) is 0 Å². The van der Waals surface area contributed by atoms with Gasteiger partial charge in [-0.1, -0.05) is 57.2 Å². The minimum Gasteiger partial charge on any atom is -0.492 e. The number of hydrogen-bond donors (Lipinski definition) is 2. The molecule has 5 rings (SSSR count). The number of nitrogens with zero attached hydrogens (tertiary/aromatic N) is 1. The zero-order valence-corrected chi connectivity index (χ0v) is 24.7. The number of piperidine rings is 1. The second kappa shape index (κ2) is 12.6. The fourth-order valence-electron chi connectivity index (χ4n) is 5.75. The topological polar surface area (TPSA) is 71.0 Å². The van der Waals surface area contributed by atoms with Crippen molar-refractivity contribution in [3.05, 3.63) is 95.1 Å². The first-order valence-corrected chi connectivity index (χ1v) is 14.7. The molecule has 43 heavy (non-hydrogen) atoms. The summed E-state index contributed by atoms with van der Waals surface area (Å²) in [5, 5.41) is 13.2. The monoisotopic (exact) mass is 596 g/mol. The lowest BCUT2D eigenvalue weighted by molar-refractivity contribution is -0.145. The van der Waals surface area contributed by atoms with Crippen LogP contribution in [0.2, 0.25) is 0 Å². The average molecular weight is 597 g/mol. The zero-order valence-electron chi connectivity index (χ0n) is 24.7. The Bertz CT molecular complexity index is 1360. The van der Waals surface area contributed by atoms with E-state index in [0.29, 0.717) is 36.8 Å². The van der Waals surface area contributed by atoms with Gasteiger partial charge in [-0.25, -0.2) is 4.79 Å². The van der Waals surface area contributed by atoms with E-state index in [2.05, 4.69) is 31.0 Å². The maximum Gasteiger partial charge on any atom is 0.416 e. The van der Waals surface area contributed by atoms with E-state index in [1.54, 1.807) is 0 Å². The second-order valence-corrected chi connectivity index (χ2v) is 12.6. The molecule has 1 saturated heterocycles. The van der Waals surface area contributed by atoms with E-state index in [4.69, 9.17) is 9.47 Å². The molecule has 1 aliphatic heterocycles. The summed E-state index contributed by atoms with van der Waals surface area (Å²) in [7, 11) is 0. The van der Waals surface area contributed by atoms with E-state index >= 15 is 0 Å². The van der Waals surface area contributed by atoms with Crippen molar-refractivity contribution in [2.75, 3.05) is 26.2 Å². The Hall–Kier alpha value is -3.56. The van der Waals surface area contributed by atoms with Crippen molar-refractivity contribution in [2.24, 2.45) is 11.8 Å². The van der Waals surface area contributed by atoms with Gasteiger partial charge in [-0.3, -0.25) is 4.90 Å². The molecular weight excluding hydrogens is 557 g/mol. The van der Waals surface area contributed by atoms with Crippen molar-refractivity contribution in [3.8, 4) is 11.5 Å². The molecule has 2 N–H and O–H groups in total. The second-order valence-electron chi connectivity index (χ2n) is 12.6. The van der Waals surface area contributed by atoms with Crippen molar-refractivity contribution >= 4 is 5.97 Å². The van der Waals surface area contributed by atoms with Gasteiger partial charge in [0, 0.05) is 38.6 Å². The van der Waals surface area contributed by atoms with E-state index in [1.165, 1.54) is 12.1 Å². The molecule has 3 aromatic carbocycles. The number of fused-ring (bicyclic) bond motifs is 1. The molecule has 0 radical (unpaired) electrons. The Labute approximate surface area is 250 Å². The predicted molar refractivity (Wildman–Crippen MR) is 158 cm³/mol. The number of halogens is 3. The highest BCUT2D eigenvalue weighted by molar-refractivity contribution is 5.73. The molecule has 0 amide bonds. The van der Waals surface area contributed by atoms with E-state index < -0.39 is 23.8 Å². The van der Waals surface area contributed by atoms with Gasteiger partial charge in [0.15, 0.2) is 6.10 Å². The predicted octanol–water partition coefficient (Wildman–Crippen LogP) is 6.18. The molecule has 3 atom stereocenters. The maximum atomic E-state index is 12.7. The van der Waals surface area contributed by atoms with Gasteiger partial charge in [0.1, 0.15) is 18.1 Å². The van der Waals surface area contributed by atoms with E-state index in [9.17, 15) is 23.1 Å². The normalized spacial score (nSPS) is 20.8. The highest BCUT2D eigenvalue weighted by Gasteiger charge is 2.55. The fraction of sp³-hybridized carbons (Fsp3) is 0.441. The van der Waals surface area contributed by atoms with Crippen LogP contribution in [0.1, 0.15) is 43.0 Å². The number of hydrogen-bond acceptors (Lipinski definition) is 5. The molecule has 6 nitrogen and oxygen atoms in total. The molecule has 2 aliphatic rings. The minimum absolute atomic E-state index is 0.00703. The Morgan fingerprint density at radius 2 is 1.44 bits per heavy atom. The number of alkyl halides is 3. The number of ether oxygens (including phenoxy) is 2. The summed E-state index contributed by atoms with van der Waals surface area (Å²) in [5.41, 5.74) is 2.24. The summed E-state index contributed by atoms with van der Waals surface area (Å²) >= 11 is 0. The van der Waals surface area contributed by atoms with Gasteiger partial charge >= 0.3 is 12.1 Å². The van der Waals surface area contributed by atoms with E-state index in [-0.39, 0.29) is 11.8 Å². The number of benzene rings is 3. The Morgan fingerprint density at radius 1 is 0.884 bits per heavy atom. The lowest BCUT2D eigenvalue weighted by Crippen LogP contribution is -2.33. The zero-order chi connectivity index (χ0) is 30.8. The fourth-order valence-corrected chi connectivity index (χ4v) is 5.75. The third-order valence-electron chi connectivity index (χ3n) is 8.39. The van der Waals surface area contributed by atoms with Crippen LogP contribution in [0.4, 0.5) is 13.2 Å². The van der Waals surface area contributed by atoms with Gasteiger partial charge in [-0.05, 0) is 70.3 Å². The van der Waals surface area contributed by atoms with Gasteiger partial charge in [0.05, 0.1) is 5.56 Å². The number of aliphatic carboxylic acids is 1. The molecular formula is C34H39F3N2O4. The van der Waals surface area contributed by atoms with Gasteiger partial charge in [-0.2, -0.15) is 13.2 Å². The first kappa shape index (κ1) is 30.9. The van der Waals surface area contributed by atoms with Crippen molar-refractivity contribution in [2.45, 2.75) is 57.5 Å². The molecule has 2 fully saturated rings. The number of carboxylic acid groups (broad SMARTS) is 1. The van der Waals surface area contributed by atoms with Crippen LogP contribution in [0.15, 0.2) is 72.8 Å². The average Bonchev–Trinajstić information content (AvgIpc) is 3.41. The maximum absolute atomic E-state index is 12.7. The van der Waals surface area contributed by atoms with Crippen LogP contribution in [0, 0.1) is 11.8 Å². The molecule has 0 aromatic heterocycles. The summed E-state index contributed by atoms with van der Waals surface area (Å²) in [6.45, 7) is 10.3. The summed E-state index contributed by atoms with van der Waals surface area (Å²) in [4.78, 5) is 14.2. The van der Waals surface area contributed by atoms with Gasteiger partial charge in [0.2, 0.25) is 0 Å². The quantitative estimate of drug-likeness (QED) is 0.260. The van der Waals surface area contributed by atoms with Crippen LogP contribution in [0.5, 0.6) is 11.5 Å². The third kappa shape index (κ3) is 8.09. The Morgan fingerprint density at radius 3 is 2.00 bits per heavy atom. The number of likely N-dealkylation sites (tertiary alicyclic amines) is 1. The SMILES string of the molecule is CC(C)(C)c1ccc(O[C@@H](Cc2ccc(OCCN3CC4C(C3)C4NCc3ccc(C(F)(F)F)cc3)cc2)C(=O)O)cc1. The van der Waals surface area contributed by atoms with Gasteiger partial charge < -0.3 is 19.9 Å². The minimum atomic E-state index is -4.31. The number of carboxylic acids is 1. The standard InChI is InChI=1S/C34H39F3N2O4/c1-33(2,3)24-10-14-27(15-11-24)43-30(32(40)41)18-22-6-12-26(13-7-22)42-17-16-39-20-28-29(21-39)31(28)38-19-23-4-8-25(9-5-23)34(35,36)37/h4-15,28-31,38H,16-21H2,1-3H3,(H,40,41)/t28?,29?,30-,31?/m0/s1. The van der Waals surface area contributed by atoms with Crippen molar-refractivity contribution in [3.63, 3.8) is 0 Å². The Kier molecular flexibility index (Phi) is 9.04. The summed E-state index contributed by atoms with van der Waals surface area (Å²) in [6.07, 6.45) is -5.07. The molecule has 1 aliphatic carbocycles. The van der Waals surface area contributed by atoms with Crippen LogP contribution >= 0.6 is 0 Å². The van der Waals surface area contributed by atoms with Crippen LogP contribution in [-0.2, 0) is 29.4 Å². The third-order valence-corrected chi connectivity index (χ3v) is 8.39.